The Labute approximate surface area is 191 Å². The number of hydrogen-bond acceptors (Lipinski definition) is 5. The van der Waals surface area contributed by atoms with Crippen LogP contribution in [0.4, 0.5) is 9.93 Å². The molecule has 2 N–H and O–H groups in total. The van der Waals surface area contributed by atoms with Gasteiger partial charge in [0, 0.05) is 10.9 Å². The average Bonchev–Trinajstić information content (AvgIpc) is 3.34. The Hall–Kier alpha value is -2.74. The number of fused-ring (bicyclic) bond motifs is 1. The molecule has 3 aliphatic rings. The van der Waals surface area contributed by atoms with Crippen LogP contribution in [0.25, 0.3) is 11.3 Å². The van der Waals surface area contributed by atoms with E-state index in [1.807, 2.05) is 12.3 Å². The fourth-order valence-electron chi connectivity index (χ4n) is 5.30. The Bertz CT molecular complexity index is 1080. The van der Waals surface area contributed by atoms with Gasteiger partial charge in [-0.25, -0.2) is 9.78 Å². The van der Waals surface area contributed by atoms with E-state index in [1.165, 1.54) is 35.3 Å². The SMILES string of the molecule is C[C@H]1CCCC[C@]12NC(=O)N(CC(=O)Nc1nc(-c3ccc4c(c3)CCCC4)cs1)C2=O. The number of carbonyl (C=O) groups is 3. The minimum absolute atomic E-state index is 0.0684. The number of amides is 4. The van der Waals surface area contributed by atoms with Crippen molar-refractivity contribution in [1.82, 2.24) is 15.2 Å². The highest BCUT2D eigenvalue weighted by Gasteiger charge is 2.55. The Balaban J connectivity index is 1.25. The Morgan fingerprint density at radius 1 is 1.22 bits per heavy atom. The molecule has 8 heteroatoms. The number of nitrogens with zero attached hydrogens (tertiary/aromatic N) is 2. The van der Waals surface area contributed by atoms with Crippen molar-refractivity contribution >= 4 is 34.3 Å². The number of thiazole rings is 1. The average molecular weight is 453 g/mol. The number of aryl methyl sites for hydroxylation is 2. The zero-order valence-electron chi connectivity index (χ0n) is 18.3. The zero-order chi connectivity index (χ0) is 22.3. The summed E-state index contributed by atoms with van der Waals surface area (Å²) in [6, 6.07) is 5.99. The molecule has 2 aliphatic carbocycles. The van der Waals surface area contributed by atoms with Gasteiger partial charge in [-0.1, -0.05) is 31.9 Å². The third-order valence-corrected chi connectivity index (χ3v) is 7.96. The Morgan fingerprint density at radius 3 is 2.84 bits per heavy atom. The van der Waals surface area contributed by atoms with Crippen LogP contribution < -0.4 is 10.6 Å². The number of aromatic nitrogens is 1. The lowest BCUT2D eigenvalue weighted by Crippen LogP contribution is -2.54. The molecule has 2 fully saturated rings. The van der Waals surface area contributed by atoms with E-state index < -0.39 is 17.5 Å². The number of benzene rings is 1. The van der Waals surface area contributed by atoms with Gasteiger partial charge < -0.3 is 10.6 Å². The normalized spacial score (nSPS) is 25.0. The van der Waals surface area contributed by atoms with Crippen molar-refractivity contribution < 1.29 is 14.4 Å². The minimum Gasteiger partial charge on any atom is -0.323 e. The number of rotatable bonds is 4. The van der Waals surface area contributed by atoms with E-state index in [4.69, 9.17) is 0 Å². The quantitative estimate of drug-likeness (QED) is 0.683. The van der Waals surface area contributed by atoms with Gasteiger partial charge >= 0.3 is 6.03 Å². The summed E-state index contributed by atoms with van der Waals surface area (Å²) < 4.78 is 0. The van der Waals surface area contributed by atoms with Crippen molar-refractivity contribution in [3.8, 4) is 11.3 Å². The minimum atomic E-state index is -0.851. The van der Waals surface area contributed by atoms with Crippen molar-refractivity contribution in [2.75, 3.05) is 11.9 Å². The van der Waals surface area contributed by atoms with E-state index in [-0.39, 0.29) is 18.4 Å². The first-order chi connectivity index (χ1) is 15.5. The topological polar surface area (TPSA) is 91.4 Å². The molecule has 1 aliphatic heterocycles. The maximum atomic E-state index is 13.0. The molecule has 7 nitrogen and oxygen atoms in total. The lowest BCUT2D eigenvalue weighted by Gasteiger charge is -2.36. The molecule has 2 aromatic rings. The first kappa shape index (κ1) is 21.1. The molecule has 2 atom stereocenters. The largest absolute Gasteiger partial charge is 0.325 e. The predicted octanol–water partition coefficient (Wildman–Crippen LogP) is 4.13. The summed E-state index contributed by atoms with van der Waals surface area (Å²) >= 11 is 1.34. The highest BCUT2D eigenvalue weighted by molar-refractivity contribution is 7.14. The van der Waals surface area contributed by atoms with Crippen molar-refractivity contribution in [3.05, 3.63) is 34.7 Å². The van der Waals surface area contributed by atoms with Crippen molar-refractivity contribution in [3.63, 3.8) is 0 Å². The smallest absolute Gasteiger partial charge is 0.323 e. The Kier molecular flexibility index (Phi) is 5.49. The predicted molar refractivity (Wildman–Crippen MR) is 123 cm³/mol. The molecule has 1 saturated heterocycles. The summed E-state index contributed by atoms with van der Waals surface area (Å²) in [6.07, 6.45) is 8.20. The van der Waals surface area contributed by atoms with Crippen LogP contribution in [0, 0.1) is 5.92 Å². The van der Waals surface area contributed by atoms with E-state index >= 15 is 0 Å². The molecule has 32 heavy (non-hydrogen) atoms. The molecule has 1 aromatic heterocycles. The van der Waals surface area contributed by atoms with Gasteiger partial charge in [0.25, 0.3) is 5.91 Å². The molecular weight excluding hydrogens is 424 g/mol. The monoisotopic (exact) mass is 452 g/mol. The number of hydrogen-bond donors (Lipinski definition) is 2. The van der Waals surface area contributed by atoms with Crippen molar-refractivity contribution in [2.45, 2.75) is 63.8 Å². The third kappa shape index (κ3) is 3.70. The lowest BCUT2D eigenvalue weighted by molar-refractivity contribution is -0.136. The molecule has 1 spiro atoms. The van der Waals surface area contributed by atoms with E-state index in [2.05, 4.69) is 33.8 Å². The van der Waals surface area contributed by atoms with E-state index in [9.17, 15) is 14.4 Å². The number of anilines is 1. The summed E-state index contributed by atoms with van der Waals surface area (Å²) in [5.74, 6) is -0.627. The second-order valence-corrected chi connectivity index (χ2v) is 10.1. The summed E-state index contributed by atoms with van der Waals surface area (Å²) in [6.45, 7) is 1.70. The second kappa shape index (κ2) is 8.31. The maximum Gasteiger partial charge on any atom is 0.325 e. The molecule has 4 amide bonds. The van der Waals surface area contributed by atoms with E-state index in [1.54, 1.807) is 0 Å². The first-order valence-electron chi connectivity index (χ1n) is 11.5. The van der Waals surface area contributed by atoms with Crippen LogP contribution in [-0.2, 0) is 22.4 Å². The van der Waals surface area contributed by atoms with Gasteiger partial charge in [-0.15, -0.1) is 11.3 Å². The highest BCUT2D eigenvalue weighted by atomic mass is 32.1. The van der Waals surface area contributed by atoms with Crippen LogP contribution in [0.15, 0.2) is 23.6 Å². The van der Waals surface area contributed by atoms with Gasteiger partial charge in [0.1, 0.15) is 12.1 Å². The third-order valence-electron chi connectivity index (χ3n) is 7.20. The molecule has 2 heterocycles. The fourth-order valence-corrected chi connectivity index (χ4v) is 6.03. The van der Waals surface area contributed by atoms with Crippen LogP contribution >= 0.6 is 11.3 Å². The zero-order valence-corrected chi connectivity index (χ0v) is 19.1. The van der Waals surface area contributed by atoms with Crippen molar-refractivity contribution in [1.29, 1.82) is 0 Å². The van der Waals surface area contributed by atoms with Gasteiger partial charge in [0.05, 0.1) is 5.69 Å². The van der Waals surface area contributed by atoms with Gasteiger partial charge in [0.15, 0.2) is 5.13 Å². The van der Waals surface area contributed by atoms with Gasteiger partial charge in [0.2, 0.25) is 5.91 Å². The van der Waals surface area contributed by atoms with Crippen LogP contribution in [-0.4, -0.2) is 39.8 Å². The van der Waals surface area contributed by atoms with Gasteiger partial charge in [-0.3, -0.25) is 14.5 Å². The summed E-state index contributed by atoms with van der Waals surface area (Å²) in [4.78, 5) is 43.8. The van der Waals surface area contributed by atoms with E-state index in [0.717, 1.165) is 48.3 Å². The van der Waals surface area contributed by atoms with Gasteiger partial charge in [-0.05, 0) is 61.6 Å². The van der Waals surface area contributed by atoms with E-state index in [0.29, 0.717) is 11.6 Å². The second-order valence-electron chi connectivity index (χ2n) is 9.22. The van der Waals surface area contributed by atoms with Gasteiger partial charge in [-0.2, -0.15) is 0 Å². The lowest BCUT2D eigenvalue weighted by atomic mass is 9.73. The molecule has 0 unspecified atom stereocenters. The van der Waals surface area contributed by atoms with Crippen LogP contribution in [0.5, 0.6) is 0 Å². The molecule has 1 aromatic carbocycles. The molecule has 1 saturated carbocycles. The van der Waals surface area contributed by atoms with Crippen LogP contribution in [0.1, 0.15) is 56.6 Å². The number of carbonyl (C=O) groups excluding carboxylic acids is 3. The number of urea groups is 1. The van der Waals surface area contributed by atoms with Crippen molar-refractivity contribution in [2.24, 2.45) is 5.92 Å². The standard InChI is InChI=1S/C24H28N4O3S/c1-15-6-4-5-11-24(15)21(30)28(23(31)27-24)13-20(29)26-22-25-19(14-32-22)18-10-9-16-7-2-3-8-17(16)12-18/h9-10,12,14-15H,2-8,11,13H2,1H3,(H,27,31)(H,25,26,29)/t15-,24-/m0/s1. The summed E-state index contributed by atoms with van der Waals surface area (Å²) in [7, 11) is 0. The van der Waals surface area contributed by atoms with Crippen LogP contribution in [0.3, 0.4) is 0 Å². The highest BCUT2D eigenvalue weighted by Crippen LogP contribution is 2.38. The first-order valence-corrected chi connectivity index (χ1v) is 12.4. The number of nitrogens with one attached hydrogen (secondary N) is 2. The molecule has 0 bridgehead atoms. The molecular formula is C24H28N4O3S. The molecule has 168 valence electrons. The summed E-state index contributed by atoms with van der Waals surface area (Å²) in [5, 5.41) is 8.03. The summed E-state index contributed by atoms with van der Waals surface area (Å²) in [5.41, 5.74) is 3.82. The fraction of sp³-hybridized carbons (Fsp3) is 0.500. The van der Waals surface area contributed by atoms with Crippen LogP contribution in [0.2, 0.25) is 0 Å². The molecule has 5 rings (SSSR count). The molecule has 0 radical (unpaired) electrons. The maximum absolute atomic E-state index is 13.0. The Morgan fingerprint density at radius 2 is 2.03 bits per heavy atom. The number of imide groups is 1.